The topological polar surface area (TPSA) is 53.6 Å². The number of fused-ring (bicyclic) bond motifs is 1. The van der Waals surface area contributed by atoms with Gasteiger partial charge in [0.05, 0.1) is 12.6 Å². The minimum atomic E-state index is 0.277. The van der Waals surface area contributed by atoms with E-state index in [0.717, 1.165) is 19.5 Å². The number of hydrogen-bond acceptors (Lipinski definition) is 3. The second kappa shape index (κ2) is 6.95. The van der Waals surface area contributed by atoms with E-state index in [9.17, 15) is 0 Å². The highest BCUT2D eigenvalue weighted by Gasteiger charge is 2.26. The van der Waals surface area contributed by atoms with E-state index in [2.05, 4.69) is 57.0 Å². The second-order valence-corrected chi connectivity index (χ2v) is 7.66. The van der Waals surface area contributed by atoms with E-state index < -0.39 is 0 Å². The minimum Gasteiger partial charge on any atom is -0.370 e. The van der Waals surface area contributed by atoms with Gasteiger partial charge in [0.2, 0.25) is 0 Å². The average molecular weight is 340 g/mol. The monoisotopic (exact) mass is 340 g/mol. The van der Waals surface area contributed by atoms with Crippen LogP contribution in [0.1, 0.15) is 34.9 Å². The summed E-state index contributed by atoms with van der Waals surface area (Å²) in [5, 5.41) is 5.50. The lowest BCUT2D eigenvalue weighted by Gasteiger charge is -2.34. The van der Waals surface area contributed by atoms with Crippen molar-refractivity contribution in [1.29, 1.82) is 0 Å². The fraction of sp³-hybridized carbons (Fsp3) is 0.421. The van der Waals surface area contributed by atoms with Gasteiger partial charge in [-0.3, -0.25) is 9.89 Å². The third-order valence-corrected chi connectivity index (χ3v) is 5.85. The summed E-state index contributed by atoms with van der Waals surface area (Å²) in [5.74, 6) is 0.590. The maximum absolute atomic E-state index is 6.05. The van der Waals surface area contributed by atoms with Gasteiger partial charge in [0.1, 0.15) is 0 Å². The van der Waals surface area contributed by atoms with E-state index in [4.69, 9.17) is 5.73 Å². The summed E-state index contributed by atoms with van der Waals surface area (Å²) in [4.78, 5) is 8.72. The van der Waals surface area contributed by atoms with Crippen LogP contribution in [0.3, 0.4) is 0 Å². The Morgan fingerprint density at radius 1 is 1.29 bits per heavy atom. The molecule has 2 aliphatic rings. The number of nitrogens with one attached hydrogen (secondary N) is 1. The van der Waals surface area contributed by atoms with Crippen molar-refractivity contribution in [3.05, 3.63) is 57.8 Å². The van der Waals surface area contributed by atoms with Crippen LogP contribution in [0.4, 0.5) is 0 Å². The molecule has 2 aromatic rings. The van der Waals surface area contributed by atoms with Gasteiger partial charge in [0, 0.05) is 24.0 Å². The molecule has 1 atom stereocenters. The van der Waals surface area contributed by atoms with Gasteiger partial charge in [-0.1, -0.05) is 30.3 Å². The van der Waals surface area contributed by atoms with Crippen LogP contribution in [0.25, 0.3) is 0 Å². The number of aliphatic imine (C=N–C) groups is 1. The normalized spacial score (nSPS) is 19.8. The second-order valence-electron chi connectivity index (χ2n) is 6.66. The van der Waals surface area contributed by atoms with Crippen molar-refractivity contribution in [2.45, 2.75) is 37.9 Å². The van der Waals surface area contributed by atoms with E-state index >= 15 is 0 Å². The first-order chi connectivity index (χ1) is 11.8. The van der Waals surface area contributed by atoms with Gasteiger partial charge in [-0.15, -0.1) is 11.3 Å². The van der Waals surface area contributed by atoms with Gasteiger partial charge in [-0.05, 0) is 41.8 Å². The highest BCUT2D eigenvalue weighted by molar-refractivity contribution is 7.10. The molecule has 0 spiro atoms. The van der Waals surface area contributed by atoms with Crippen molar-refractivity contribution in [2.75, 3.05) is 13.1 Å². The lowest BCUT2D eigenvalue weighted by Crippen LogP contribution is -2.37. The smallest absolute Gasteiger partial charge is 0.188 e. The van der Waals surface area contributed by atoms with Gasteiger partial charge in [-0.25, -0.2) is 0 Å². The van der Waals surface area contributed by atoms with Crippen molar-refractivity contribution in [2.24, 2.45) is 10.7 Å². The summed E-state index contributed by atoms with van der Waals surface area (Å²) in [6.45, 7) is 2.79. The number of guanidine groups is 1. The molecule has 1 fully saturated rings. The van der Waals surface area contributed by atoms with E-state index in [1.54, 1.807) is 0 Å². The zero-order valence-electron chi connectivity index (χ0n) is 13.8. The van der Waals surface area contributed by atoms with E-state index in [-0.39, 0.29) is 6.04 Å². The van der Waals surface area contributed by atoms with E-state index in [1.165, 1.54) is 28.8 Å². The predicted molar refractivity (Wildman–Crippen MR) is 100 cm³/mol. The lowest BCUT2D eigenvalue weighted by molar-refractivity contribution is 0.185. The molecule has 1 aliphatic heterocycles. The summed E-state index contributed by atoms with van der Waals surface area (Å²) in [5.41, 5.74) is 8.84. The van der Waals surface area contributed by atoms with Crippen LogP contribution in [0.5, 0.6) is 0 Å². The van der Waals surface area contributed by atoms with Crippen molar-refractivity contribution >= 4 is 17.3 Å². The molecular weight excluding hydrogens is 316 g/mol. The molecule has 2 heterocycles. The Hall–Kier alpha value is -1.85. The molecule has 3 N–H and O–H groups in total. The summed E-state index contributed by atoms with van der Waals surface area (Å²) in [7, 11) is 0. The standard InChI is InChI=1S/C19H24N4S/c20-19(22-16-6-7-16)21-12-17(14-4-2-1-3-5-14)23-10-8-18-15(13-23)9-11-24-18/h1-5,9,11,16-17H,6-8,10,12-13H2,(H3,20,21,22). The molecule has 1 unspecified atom stereocenters. The molecule has 0 bridgehead atoms. The zero-order chi connectivity index (χ0) is 16.4. The first-order valence-electron chi connectivity index (χ1n) is 8.70. The summed E-state index contributed by atoms with van der Waals surface area (Å²) in [6.07, 6.45) is 3.56. The molecule has 1 aliphatic carbocycles. The summed E-state index contributed by atoms with van der Waals surface area (Å²) in [6, 6.07) is 13.8. The Balaban J connectivity index is 1.52. The largest absolute Gasteiger partial charge is 0.370 e. The Morgan fingerprint density at radius 3 is 2.92 bits per heavy atom. The van der Waals surface area contributed by atoms with Gasteiger partial charge in [0.15, 0.2) is 5.96 Å². The van der Waals surface area contributed by atoms with E-state index in [0.29, 0.717) is 18.5 Å². The SMILES string of the molecule is NC(=NCC(c1ccccc1)N1CCc2sccc2C1)NC1CC1. The fourth-order valence-electron chi connectivity index (χ4n) is 3.31. The number of nitrogens with zero attached hydrogens (tertiary/aromatic N) is 2. The Morgan fingerprint density at radius 2 is 2.12 bits per heavy atom. The van der Waals surface area contributed by atoms with Crippen LogP contribution in [0, 0.1) is 0 Å². The number of nitrogens with two attached hydrogens (primary N) is 1. The maximum atomic E-state index is 6.05. The molecule has 1 aromatic heterocycles. The van der Waals surface area contributed by atoms with Crippen LogP contribution in [-0.4, -0.2) is 30.0 Å². The van der Waals surface area contributed by atoms with Gasteiger partial charge >= 0.3 is 0 Å². The van der Waals surface area contributed by atoms with Crippen LogP contribution in [-0.2, 0) is 13.0 Å². The third kappa shape index (κ3) is 3.62. The predicted octanol–water partition coefficient (Wildman–Crippen LogP) is 2.91. The fourth-order valence-corrected chi connectivity index (χ4v) is 4.20. The van der Waals surface area contributed by atoms with Crippen molar-refractivity contribution < 1.29 is 0 Å². The first kappa shape index (κ1) is 15.7. The Kier molecular flexibility index (Phi) is 4.54. The van der Waals surface area contributed by atoms with Crippen molar-refractivity contribution in [3.63, 3.8) is 0 Å². The number of thiophene rings is 1. The van der Waals surface area contributed by atoms with Crippen LogP contribution >= 0.6 is 11.3 Å². The van der Waals surface area contributed by atoms with Crippen LogP contribution in [0.15, 0.2) is 46.8 Å². The third-order valence-electron chi connectivity index (χ3n) is 4.83. The number of benzene rings is 1. The lowest BCUT2D eigenvalue weighted by atomic mass is 10.0. The molecule has 0 radical (unpaired) electrons. The molecule has 4 nitrogen and oxygen atoms in total. The average Bonchev–Trinajstić information content (AvgIpc) is 3.29. The zero-order valence-corrected chi connectivity index (χ0v) is 14.6. The highest BCUT2D eigenvalue weighted by Crippen LogP contribution is 2.30. The van der Waals surface area contributed by atoms with Crippen molar-refractivity contribution in [3.8, 4) is 0 Å². The molecule has 0 amide bonds. The van der Waals surface area contributed by atoms with Crippen molar-refractivity contribution in [1.82, 2.24) is 10.2 Å². The molecule has 5 heteroatoms. The number of hydrogen-bond donors (Lipinski definition) is 2. The summed E-state index contributed by atoms with van der Waals surface area (Å²) < 4.78 is 0. The van der Waals surface area contributed by atoms with E-state index in [1.807, 2.05) is 11.3 Å². The van der Waals surface area contributed by atoms with Crippen LogP contribution < -0.4 is 11.1 Å². The molecule has 126 valence electrons. The first-order valence-corrected chi connectivity index (χ1v) is 9.58. The van der Waals surface area contributed by atoms with Gasteiger partial charge in [0.25, 0.3) is 0 Å². The number of rotatable bonds is 5. The Labute approximate surface area is 147 Å². The molecule has 1 saturated carbocycles. The van der Waals surface area contributed by atoms with Crippen LogP contribution in [0.2, 0.25) is 0 Å². The maximum Gasteiger partial charge on any atom is 0.188 e. The van der Waals surface area contributed by atoms with Gasteiger partial charge < -0.3 is 11.1 Å². The highest BCUT2D eigenvalue weighted by atomic mass is 32.1. The molecule has 24 heavy (non-hydrogen) atoms. The summed E-state index contributed by atoms with van der Waals surface area (Å²) >= 11 is 1.88. The molecule has 4 rings (SSSR count). The molecule has 1 aromatic carbocycles. The molecular formula is C19H24N4S. The minimum absolute atomic E-state index is 0.277. The molecule has 0 saturated heterocycles. The quantitative estimate of drug-likeness (QED) is 0.650. The van der Waals surface area contributed by atoms with Gasteiger partial charge in [-0.2, -0.15) is 0 Å². The Bertz CT molecular complexity index is 705.